The Bertz CT molecular complexity index is 282. The summed E-state index contributed by atoms with van der Waals surface area (Å²) in [4.78, 5) is 22.8. The fraction of sp³-hybridized carbons (Fsp3) is 0.818. The van der Waals surface area contributed by atoms with Crippen LogP contribution >= 0.6 is 0 Å². The maximum absolute atomic E-state index is 11.8. The zero-order valence-corrected chi connectivity index (χ0v) is 9.95. The number of carbonyl (C=O) groups is 2. The number of carboxylic acid groups (broad SMARTS) is 1. The second kappa shape index (κ2) is 4.82. The lowest BCUT2D eigenvalue weighted by atomic mass is 9.86. The molecule has 0 radical (unpaired) electrons. The van der Waals surface area contributed by atoms with Gasteiger partial charge in [0.05, 0.1) is 11.8 Å². The summed E-state index contributed by atoms with van der Waals surface area (Å²) in [5.74, 6) is -2.55. The molecule has 16 heavy (non-hydrogen) atoms. The van der Waals surface area contributed by atoms with Crippen LogP contribution in [0.15, 0.2) is 0 Å². The summed E-state index contributed by atoms with van der Waals surface area (Å²) in [7, 11) is 0. The number of ether oxygens (including phenoxy) is 1. The third-order valence-corrected chi connectivity index (χ3v) is 2.51. The van der Waals surface area contributed by atoms with Gasteiger partial charge in [-0.15, -0.1) is 0 Å². The number of rotatable bonds is 2. The van der Waals surface area contributed by atoms with Crippen molar-refractivity contribution in [2.45, 2.75) is 32.8 Å². The highest BCUT2D eigenvalue weighted by atomic mass is 16.6. The van der Waals surface area contributed by atoms with Crippen molar-refractivity contribution in [2.24, 2.45) is 11.8 Å². The number of carbonyl (C=O) groups excluding carboxylic acids is 1. The predicted molar refractivity (Wildman–Crippen MR) is 57.9 cm³/mol. The van der Waals surface area contributed by atoms with Gasteiger partial charge in [-0.3, -0.25) is 9.59 Å². The third-order valence-electron chi connectivity index (χ3n) is 2.51. The molecule has 1 heterocycles. The normalized spacial score (nSPS) is 26.2. The van der Waals surface area contributed by atoms with E-state index < -0.39 is 29.4 Å². The Balaban J connectivity index is 2.68. The topological polar surface area (TPSA) is 75.6 Å². The molecule has 0 amide bonds. The van der Waals surface area contributed by atoms with Gasteiger partial charge in [-0.2, -0.15) is 0 Å². The molecule has 5 heteroatoms. The molecule has 0 spiro atoms. The van der Waals surface area contributed by atoms with Gasteiger partial charge < -0.3 is 15.2 Å². The van der Waals surface area contributed by atoms with Crippen molar-refractivity contribution in [2.75, 3.05) is 13.1 Å². The van der Waals surface area contributed by atoms with E-state index in [0.29, 0.717) is 19.5 Å². The van der Waals surface area contributed by atoms with Gasteiger partial charge in [0.15, 0.2) is 0 Å². The van der Waals surface area contributed by atoms with Gasteiger partial charge in [0, 0.05) is 6.54 Å². The van der Waals surface area contributed by atoms with Gasteiger partial charge >= 0.3 is 11.9 Å². The van der Waals surface area contributed by atoms with Gasteiger partial charge in [0.25, 0.3) is 0 Å². The first-order valence-corrected chi connectivity index (χ1v) is 5.47. The molecule has 5 nitrogen and oxygen atoms in total. The molecule has 0 aromatic heterocycles. The predicted octanol–water partition coefficient (Wildman–Crippen LogP) is 0.638. The summed E-state index contributed by atoms with van der Waals surface area (Å²) in [5.41, 5.74) is -0.572. The van der Waals surface area contributed by atoms with E-state index in [0.717, 1.165) is 0 Å². The molecule has 0 saturated carbocycles. The zero-order chi connectivity index (χ0) is 12.3. The minimum Gasteiger partial charge on any atom is -0.481 e. The number of aliphatic carboxylic acids is 1. The van der Waals surface area contributed by atoms with Crippen LogP contribution in [0.2, 0.25) is 0 Å². The van der Waals surface area contributed by atoms with E-state index in [1.807, 2.05) is 0 Å². The molecule has 1 aliphatic heterocycles. The minimum absolute atomic E-state index is 0.381. The van der Waals surface area contributed by atoms with Crippen LogP contribution in [0.25, 0.3) is 0 Å². The highest BCUT2D eigenvalue weighted by molar-refractivity contribution is 5.81. The van der Waals surface area contributed by atoms with Crippen LogP contribution in [0.3, 0.4) is 0 Å². The fourth-order valence-corrected chi connectivity index (χ4v) is 1.78. The van der Waals surface area contributed by atoms with Gasteiger partial charge in [-0.25, -0.2) is 0 Å². The number of esters is 1. The van der Waals surface area contributed by atoms with Crippen molar-refractivity contribution < 1.29 is 19.4 Å². The first kappa shape index (κ1) is 13.0. The maximum atomic E-state index is 11.8. The van der Waals surface area contributed by atoms with Gasteiger partial charge in [-0.05, 0) is 33.7 Å². The summed E-state index contributed by atoms with van der Waals surface area (Å²) >= 11 is 0. The molecule has 92 valence electrons. The van der Waals surface area contributed by atoms with Crippen molar-refractivity contribution in [3.8, 4) is 0 Å². The van der Waals surface area contributed by atoms with E-state index in [2.05, 4.69) is 5.32 Å². The second-order valence-electron chi connectivity index (χ2n) is 5.08. The van der Waals surface area contributed by atoms with Crippen molar-refractivity contribution >= 4 is 11.9 Å². The summed E-state index contributed by atoms with van der Waals surface area (Å²) in [5, 5.41) is 12.0. The number of nitrogens with one attached hydrogen (secondary N) is 1. The Morgan fingerprint density at radius 2 is 1.94 bits per heavy atom. The third kappa shape index (κ3) is 3.48. The van der Waals surface area contributed by atoms with Crippen molar-refractivity contribution in [1.82, 2.24) is 5.32 Å². The van der Waals surface area contributed by atoms with Crippen molar-refractivity contribution in [1.29, 1.82) is 0 Å². The van der Waals surface area contributed by atoms with Crippen LogP contribution in [0, 0.1) is 11.8 Å². The lowest BCUT2D eigenvalue weighted by Crippen LogP contribution is -2.46. The van der Waals surface area contributed by atoms with Crippen LogP contribution in [0.4, 0.5) is 0 Å². The molecular formula is C11H19NO4. The van der Waals surface area contributed by atoms with E-state index >= 15 is 0 Å². The van der Waals surface area contributed by atoms with E-state index in [1.165, 1.54) is 0 Å². The molecule has 2 N–H and O–H groups in total. The van der Waals surface area contributed by atoms with Gasteiger partial charge in [0.2, 0.25) is 0 Å². The average molecular weight is 229 g/mol. The highest BCUT2D eigenvalue weighted by Crippen LogP contribution is 2.23. The Morgan fingerprint density at radius 1 is 1.31 bits per heavy atom. The minimum atomic E-state index is -0.919. The molecule has 0 aromatic rings. The summed E-state index contributed by atoms with van der Waals surface area (Å²) in [6.45, 7) is 6.34. The maximum Gasteiger partial charge on any atom is 0.311 e. The Hall–Kier alpha value is -1.10. The molecule has 1 saturated heterocycles. The summed E-state index contributed by atoms with van der Waals surface area (Å²) in [6.07, 6.45) is 0.471. The second-order valence-corrected chi connectivity index (χ2v) is 5.08. The van der Waals surface area contributed by atoms with Crippen LogP contribution < -0.4 is 5.32 Å². The van der Waals surface area contributed by atoms with E-state index in [4.69, 9.17) is 9.84 Å². The number of hydrogen-bond donors (Lipinski definition) is 2. The van der Waals surface area contributed by atoms with Gasteiger partial charge in [-0.1, -0.05) is 0 Å². The first-order chi connectivity index (χ1) is 7.31. The SMILES string of the molecule is CC(C)(C)OC(=O)[C@H]1CNCC[C@@H]1C(=O)O. The summed E-state index contributed by atoms with van der Waals surface area (Å²) < 4.78 is 5.22. The molecule has 0 aromatic carbocycles. The van der Waals surface area contributed by atoms with E-state index in [9.17, 15) is 9.59 Å². The number of carboxylic acids is 1. The Labute approximate surface area is 95.2 Å². The number of hydrogen-bond acceptors (Lipinski definition) is 4. The lowest BCUT2D eigenvalue weighted by Gasteiger charge is -2.30. The Morgan fingerprint density at radius 3 is 2.44 bits per heavy atom. The first-order valence-electron chi connectivity index (χ1n) is 5.47. The van der Waals surface area contributed by atoms with Crippen molar-refractivity contribution in [3.05, 3.63) is 0 Å². The molecule has 0 bridgehead atoms. The Kier molecular flexibility index (Phi) is 3.91. The lowest BCUT2D eigenvalue weighted by molar-refractivity contribution is -0.167. The van der Waals surface area contributed by atoms with E-state index in [-0.39, 0.29) is 0 Å². The highest BCUT2D eigenvalue weighted by Gasteiger charge is 2.38. The molecule has 0 aliphatic carbocycles. The van der Waals surface area contributed by atoms with Crippen LogP contribution in [0.1, 0.15) is 27.2 Å². The molecule has 1 rings (SSSR count). The molecule has 2 atom stereocenters. The largest absolute Gasteiger partial charge is 0.481 e. The fourth-order valence-electron chi connectivity index (χ4n) is 1.78. The molecular weight excluding hydrogens is 210 g/mol. The molecule has 0 unspecified atom stereocenters. The average Bonchev–Trinajstić information content (AvgIpc) is 2.15. The van der Waals surface area contributed by atoms with Gasteiger partial charge in [0.1, 0.15) is 5.60 Å². The molecule has 1 fully saturated rings. The van der Waals surface area contributed by atoms with Crippen molar-refractivity contribution in [3.63, 3.8) is 0 Å². The standard InChI is InChI=1S/C11H19NO4/c1-11(2,3)16-10(15)8-6-12-5-4-7(8)9(13)14/h7-8,12H,4-6H2,1-3H3,(H,13,14)/t7-,8-/m0/s1. The smallest absolute Gasteiger partial charge is 0.311 e. The molecule has 1 aliphatic rings. The monoisotopic (exact) mass is 229 g/mol. The summed E-state index contributed by atoms with van der Waals surface area (Å²) in [6, 6.07) is 0. The van der Waals surface area contributed by atoms with Crippen LogP contribution in [-0.4, -0.2) is 35.7 Å². The number of piperidine rings is 1. The zero-order valence-electron chi connectivity index (χ0n) is 9.95. The van der Waals surface area contributed by atoms with Crippen LogP contribution in [-0.2, 0) is 14.3 Å². The van der Waals surface area contributed by atoms with E-state index in [1.54, 1.807) is 20.8 Å². The quantitative estimate of drug-likeness (QED) is 0.679. The van der Waals surface area contributed by atoms with Crippen LogP contribution in [0.5, 0.6) is 0 Å².